The van der Waals surface area contributed by atoms with Crippen LogP contribution in [0.4, 0.5) is 0 Å². The molecule has 0 aliphatic heterocycles. The van der Waals surface area contributed by atoms with Gasteiger partial charge >= 0.3 is 11.8 Å². The van der Waals surface area contributed by atoms with Crippen molar-refractivity contribution in [3.05, 3.63) is 0 Å². The normalized spacial score (nSPS) is 10.2. The number of ether oxygens (including phenoxy) is 1. The minimum absolute atomic E-state index is 0.475. The lowest BCUT2D eigenvalue weighted by Crippen LogP contribution is -2.40. The summed E-state index contributed by atoms with van der Waals surface area (Å²) in [5.74, 6) is -1.09. The van der Waals surface area contributed by atoms with Gasteiger partial charge < -0.3 is 15.4 Å². The number of unbranched alkanes of at least 4 members (excludes halogenated alkanes) is 4. The predicted molar refractivity (Wildman–Crippen MR) is 75.9 cm³/mol. The fourth-order valence-corrected chi connectivity index (χ4v) is 1.61. The fourth-order valence-electron chi connectivity index (χ4n) is 1.61. The fraction of sp³-hybridized carbons (Fsp3) is 0.857. The van der Waals surface area contributed by atoms with Gasteiger partial charge in [-0.05, 0) is 19.8 Å². The molecular weight excluding hydrogens is 244 g/mol. The van der Waals surface area contributed by atoms with E-state index in [9.17, 15) is 9.59 Å². The lowest BCUT2D eigenvalue weighted by molar-refractivity contribution is -0.139. The van der Waals surface area contributed by atoms with Crippen LogP contribution in [0.25, 0.3) is 0 Å². The van der Waals surface area contributed by atoms with Crippen LogP contribution in [0.2, 0.25) is 0 Å². The summed E-state index contributed by atoms with van der Waals surface area (Å²) in [5.41, 5.74) is 0. The quantitative estimate of drug-likeness (QED) is 0.443. The highest BCUT2D eigenvalue weighted by Gasteiger charge is 2.11. The molecule has 2 amide bonds. The van der Waals surface area contributed by atoms with Crippen molar-refractivity contribution in [1.82, 2.24) is 10.6 Å². The van der Waals surface area contributed by atoms with Crippen molar-refractivity contribution in [2.24, 2.45) is 0 Å². The number of hydrogen-bond acceptors (Lipinski definition) is 3. The second-order valence-corrected chi connectivity index (χ2v) is 4.48. The summed E-state index contributed by atoms with van der Waals surface area (Å²) in [7, 11) is 0. The minimum Gasteiger partial charge on any atom is -0.382 e. The molecule has 0 aromatic rings. The summed E-state index contributed by atoms with van der Waals surface area (Å²) in [6.07, 6.45) is 6.39. The Hall–Kier alpha value is -1.10. The molecule has 0 spiro atoms. The molecule has 0 unspecified atom stereocenters. The second-order valence-electron chi connectivity index (χ2n) is 4.48. The molecule has 0 aromatic heterocycles. The second kappa shape index (κ2) is 13.3. The van der Waals surface area contributed by atoms with Crippen molar-refractivity contribution in [2.45, 2.75) is 52.4 Å². The standard InChI is InChI=1S/C14H28N2O3/c1-3-5-6-7-8-10-15-13(17)14(18)16-11-9-12-19-4-2/h3-12H2,1-2H3,(H,15,17)(H,16,18). The molecule has 0 atom stereocenters. The summed E-state index contributed by atoms with van der Waals surface area (Å²) < 4.78 is 5.14. The van der Waals surface area contributed by atoms with Gasteiger partial charge in [0.15, 0.2) is 0 Å². The zero-order chi connectivity index (χ0) is 14.3. The Balaban J connectivity index is 3.41. The van der Waals surface area contributed by atoms with Crippen molar-refractivity contribution in [1.29, 1.82) is 0 Å². The Labute approximate surface area is 116 Å². The molecule has 0 saturated carbocycles. The van der Waals surface area contributed by atoms with Crippen molar-refractivity contribution in [2.75, 3.05) is 26.3 Å². The molecule has 0 fully saturated rings. The highest BCUT2D eigenvalue weighted by atomic mass is 16.5. The van der Waals surface area contributed by atoms with Gasteiger partial charge in [0.25, 0.3) is 0 Å². The summed E-state index contributed by atoms with van der Waals surface area (Å²) in [6, 6.07) is 0. The van der Waals surface area contributed by atoms with Crippen molar-refractivity contribution < 1.29 is 14.3 Å². The molecule has 0 aliphatic carbocycles. The third kappa shape index (κ3) is 11.7. The van der Waals surface area contributed by atoms with Gasteiger partial charge in [0, 0.05) is 26.3 Å². The smallest absolute Gasteiger partial charge is 0.309 e. The van der Waals surface area contributed by atoms with Crippen LogP contribution in [0.1, 0.15) is 52.4 Å². The molecule has 0 heterocycles. The van der Waals surface area contributed by atoms with Crippen LogP contribution < -0.4 is 10.6 Å². The largest absolute Gasteiger partial charge is 0.382 e. The van der Waals surface area contributed by atoms with Crippen molar-refractivity contribution in [3.8, 4) is 0 Å². The number of carbonyl (C=O) groups excluding carboxylic acids is 2. The molecule has 0 aliphatic rings. The molecule has 0 saturated heterocycles. The van der Waals surface area contributed by atoms with Crippen LogP contribution in [0.5, 0.6) is 0 Å². The maximum absolute atomic E-state index is 11.4. The molecule has 0 bridgehead atoms. The lowest BCUT2D eigenvalue weighted by Gasteiger charge is -2.06. The van der Waals surface area contributed by atoms with Crippen LogP contribution in [-0.4, -0.2) is 38.1 Å². The van der Waals surface area contributed by atoms with Crippen LogP contribution in [0.15, 0.2) is 0 Å². The Morgan fingerprint density at radius 3 is 2.00 bits per heavy atom. The maximum Gasteiger partial charge on any atom is 0.309 e. The number of carbonyl (C=O) groups is 2. The van der Waals surface area contributed by atoms with E-state index < -0.39 is 11.8 Å². The average Bonchev–Trinajstić information content (AvgIpc) is 2.42. The van der Waals surface area contributed by atoms with E-state index in [-0.39, 0.29) is 0 Å². The summed E-state index contributed by atoms with van der Waals surface area (Å²) in [6.45, 7) is 6.42. The highest BCUT2D eigenvalue weighted by molar-refractivity contribution is 6.35. The minimum atomic E-state index is -0.551. The van der Waals surface area contributed by atoms with E-state index in [1.54, 1.807) is 0 Å². The predicted octanol–water partition coefficient (Wildman–Crippen LogP) is 1.62. The lowest BCUT2D eigenvalue weighted by atomic mass is 10.1. The Morgan fingerprint density at radius 1 is 0.842 bits per heavy atom. The number of hydrogen-bond donors (Lipinski definition) is 2. The molecule has 2 N–H and O–H groups in total. The van der Waals surface area contributed by atoms with E-state index >= 15 is 0 Å². The Bertz CT molecular complexity index is 245. The van der Waals surface area contributed by atoms with E-state index in [0.717, 1.165) is 19.3 Å². The van der Waals surface area contributed by atoms with Gasteiger partial charge in [-0.15, -0.1) is 0 Å². The number of rotatable bonds is 11. The zero-order valence-corrected chi connectivity index (χ0v) is 12.3. The first-order chi connectivity index (χ1) is 9.22. The molecule has 112 valence electrons. The zero-order valence-electron chi connectivity index (χ0n) is 12.3. The molecule has 5 heteroatoms. The van der Waals surface area contributed by atoms with Crippen LogP contribution in [0.3, 0.4) is 0 Å². The molecule has 19 heavy (non-hydrogen) atoms. The number of nitrogens with one attached hydrogen (secondary N) is 2. The van der Waals surface area contributed by atoms with Gasteiger partial charge in [0.2, 0.25) is 0 Å². The van der Waals surface area contributed by atoms with E-state index in [1.807, 2.05) is 6.92 Å². The number of amides is 2. The topological polar surface area (TPSA) is 67.4 Å². The molecule has 0 rings (SSSR count). The molecular formula is C14H28N2O3. The van der Waals surface area contributed by atoms with Crippen LogP contribution >= 0.6 is 0 Å². The first kappa shape index (κ1) is 17.9. The van der Waals surface area contributed by atoms with E-state index in [2.05, 4.69) is 17.6 Å². The van der Waals surface area contributed by atoms with Gasteiger partial charge in [-0.2, -0.15) is 0 Å². The molecule has 5 nitrogen and oxygen atoms in total. The molecule has 0 aromatic carbocycles. The van der Waals surface area contributed by atoms with Gasteiger partial charge in [-0.1, -0.05) is 32.6 Å². The van der Waals surface area contributed by atoms with Crippen LogP contribution in [0, 0.1) is 0 Å². The third-order valence-electron chi connectivity index (χ3n) is 2.73. The Morgan fingerprint density at radius 2 is 1.42 bits per heavy atom. The summed E-state index contributed by atoms with van der Waals surface area (Å²) >= 11 is 0. The average molecular weight is 272 g/mol. The van der Waals surface area contributed by atoms with Gasteiger partial charge in [-0.3, -0.25) is 9.59 Å². The highest BCUT2D eigenvalue weighted by Crippen LogP contribution is 2.00. The first-order valence-electron chi connectivity index (χ1n) is 7.36. The third-order valence-corrected chi connectivity index (χ3v) is 2.73. The Kier molecular flexibility index (Phi) is 12.6. The SMILES string of the molecule is CCCCCCCNC(=O)C(=O)NCCCOCC. The van der Waals surface area contributed by atoms with Gasteiger partial charge in [0.05, 0.1) is 0 Å². The maximum atomic E-state index is 11.4. The van der Waals surface area contributed by atoms with Crippen molar-refractivity contribution in [3.63, 3.8) is 0 Å². The van der Waals surface area contributed by atoms with E-state index in [4.69, 9.17) is 4.74 Å². The monoisotopic (exact) mass is 272 g/mol. The summed E-state index contributed by atoms with van der Waals surface area (Å²) in [4.78, 5) is 22.8. The van der Waals surface area contributed by atoms with Gasteiger partial charge in [0.1, 0.15) is 0 Å². The van der Waals surface area contributed by atoms with Gasteiger partial charge in [-0.25, -0.2) is 0 Å². The first-order valence-corrected chi connectivity index (χ1v) is 7.36. The summed E-state index contributed by atoms with van der Waals surface area (Å²) in [5, 5.41) is 5.20. The molecule has 0 radical (unpaired) electrons. The van der Waals surface area contributed by atoms with Crippen LogP contribution in [-0.2, 0) is 14.3 Å². The van der Waals surface area contributed by atoms with E-state index in [1.165, 1.54) is 19.3 Å². The van der Waals surface area contributed by atoms with E-state index in [0.29, 0.717) is 26.3 Å². The van der Waals surface area contributed by atoms with Crippen molar-refractivity contribution >= 4 is 11.8 Å².